The molecular weight excluding hydrogens is 208 g/mol. The normalized spacial score (nSPS) is 10.5. The van der Waals surface area contributed by atoms with Crippen LogP contribution in [-0.4, -0.2) is 0 Å². The van der Waals surface area contributed by atoms with E-state index in [9.17, 15) is 0 Å². The predicted molar refractivity (Wildman–Crippen MR) is 68.2 cm³/mol. The van der Waals surface area contributed by atoms with Crippen molar-refractivity contribution in [3.63, 3.8) is 0 Å². The van der Waals surface area contributed by atoms with Gasteiger partial charge in [0.25, 0.3) is 0 Å². The molecule has 0 N–H and O–H groups in total. The first-order valence-electron chi connectivity index (χ1n) is 6.14. The van der Waals surface area contributed by atoms with Crippen LogP contribution in [0.2, 0.25) is 0 Å². The predicted octanol–water partition coefficient (Wildman–Crippen LogP) is 1.96. The van der Waals surface area contributed by atoms with Gasteiger partial charge in [0.1, 0.15) is 14.1 Å². The summed E-state index contributed by atoms with van der Waals surface area (Å²) in [5.41, 5.74) is 4.07. The van der Waals surface area contributed by atoms with Crippen molar-refractivity contribution in [2.45, 2.75) is 19.8 Å². The van der Waals surface area contributed by atoms with Crippen LogP contribution in [0.25, 0.3) is 11.1 Å². The molecule has 0 radical (unpaired) electrons. The van der Waals surface area contributed by atoms with E-state index < -0.39 is 0 Å². The Hall–Kier alpha value is -1.70. The lowest BCUT2D eigenvalue weighted by molar-refractivity contribution is -0.672. The van der Waals surface area contributed by atoms with Crippen LogP contribution < -0.4 is 9.13 Å². The van der Waals surface area contributed by atoms with Crippen LogP contribution in [0.1, 0.15) is 18.9 Å². The van der Waals surface area contributed by atoms with Crippen LogP contribution in [0.4, 0.5) is 0 Å². The van der Waals surface area contributed by atoms with Crippen LogP contribution in [0.5, 0.6) is 0 Å². The quantitative estimate of drug-likeness (QED) is 0.709. The molecule has 0 aliphatic carbocycles. The molecule has 0 saturated heterocycles. The maximum atomic E-state index is 2.23. The van der Waals surface area contributed by atoms with Crippen molar-refractivity contribution in [2.75, 3.05) is 0 Å². The van der Waals surface area contributed by atoms with Gasteiger partial charge in [-0.3, -0.25) is 0 Å². The zero-order chi connectivity index (χ0) is 12.3. The molecule has 0 aliphatic rings. The molecule has 0 bridgehead atoms. The molecule has 2 heterocycles. The molecule has 2 aromatic rings. The molecule has 0 saturated carbocycles. The Morgan fingerprint density at radius 3 is 2.24 bits per heavy atom. The number of nitrogens with zero attached hydrogens (tertiary/aromatic N) is 2. The van der Waals surface area contributed by atoms with Crippen molar-refractivity contribution in [3.05, 3.63) is 48.5 Å². The number of aromatic nitrogens is 2. The fourth-order valence-corrected chi connectivity index (χ4v) is 2.09. The molecule has 2 aromatic heterocycles. The first-order chi connectivity index (χ1) is 8.20. The zero-order valence-electron chi connectivity index (χ0n) is 10.9. The summed E-state index contributed by atoms with van der Waals surface area (Å²) in [6, 6.07) is 6.56. The van der Waals surface area contributed by atoms with Gasteiger partial charge in [0.15, 0.2) is 24.8 Å². The summed E-state index contributed by atoms with van der Waals surface area (Å²) in [4.78, 5) is 0. The topological polar surface area (TPSA) is 7.76 Å². The molecule has 2 nitrogen and oxygen atoms in total. The highest BCUT2D eigenvalue weighted by atomic mass is 14.9. The summed E-state index contributed by atoms with van der Waals surface area (Å²) < 4.78 is 4.18. The Kier molecular flexibility index (Phi) is 3.52. The molecule has 17 heavy (non-hydrogen) atoms. The number of rotatable bonds is 3. The maximum absolute atomic E-state index is 2.23. The first kappa shape index (κ1) is 11.8. The third-order valence-corrected chi connectivity index (χ3v) is 2.99. The second kappa shape index (κ2) is 5.09. The van der Waals surface area contributed by atoms with Crippen LogP contribution in [0.3, 0.4) is 0 Å². The fraction of sp³-hybridized carbons (Fsp3) is 0.333. The number of hydrogen-bond acceptors (Lipinski definition) is 0. The Morgan fingerprint density at radius 1 is 0.941 bits per heavy atom. The average Bonchev–Trinajstić information content (AvgIpc) is 2.31. The van der Waals surface area contributed by atoms with Crippen LogP contribution >= 0.6 is 0 Å². The van der Waals surface area contributed by atoms with Crippen molar-refractivity contribution in [2.24, 2.45) is 14.1 Å². The van der Waals surface area contributed by atoms with Gasteiger partial charge in [0, 0.05) is 23.8 Å². The van der Waals surface area contributed by atoms with Crippen LogP contribution in [0, 0.1) is 0 Å². The minimum absolute atomic E-state index is 1.13. The van der Waals surface area contributed by atoms with Gasteiger partial charge in [-0.25, -0.2) is 9.13 Å². The summed E-state index contributed by atoms with van der Waals surface area (Å²) in [5.74, 6) is 0. The summed E-state index contributed by atoms with van der Waals surface area (Å²) in [6.45, 7) is 2.22. The summed E-state index contributed by atoms with van der Waals surface area (Å²) in [5, 5.41) is 0. The van der Waals surface area contributed by atoms with Gasteiger partial charge in [-0.1, -0.05) is 13.3 Å². The standard InChI is InChI=1S/C15H20N2/c1-4-5-14-12-17(3)11-8-15(14)13-6-9-16(2)10-7-13/h6-12H,4-5H2,1-3H3/q+2. The summed E-state index contributed by atoms with van der Waals surface area (Å²) in [7, 11) is 4.12. The van der Waals surface area contributed by atoms with Crippen LogP contribution in [-0.2, 0) is 20.5 Å². The van der Waals surface area contributed by atoms with E-state index >= 15 is 0 Å². The number of pyridine rings is 2. The van der Waals surface area contributed by atoms with E-state index in [0.717, 1.165) is 6.42 Å². The van der Waals surface area contributed by atoms with Gasteiger partial charge in [-0.2, -0.15) is 0 Å². The highest BCUT2D eigenvalue weighted by molar-refractivity contribution is 5.65. The summed E-state index contributed by atoms with van der Waals surface area (Å²) >= 11 is 0. The fourth-order valence-electron chi connectivity index (χ4n) is 2.09. The maximum Gasteiger partial charge on any atom is 0.172 e. The SMILES string of the molecule is CCCc1c[n+](C)ccc1-c1cc[n+](C)cc1. The second-order valence-electron chi connectivity index (χ2n) is 4.55. The third-order valence-electron chi connectivity index (χ3n) is 2.99. The molecule has 0 atom stereocenters. The van der Waals surface area contributed by atoms with Crippen LogP contribution in [0.15, 0.2) is 43.0 Å². The molecule has 2 heteroatoms. The molecule has 0 spiro atoms. The first-order valence-corrected chi connectivity index (χ1v) is 6.14. The molecule has 0 aromatic carbocycles. The second-order valence-corrected chi connectivity index (χ2v) is 4.55. The number of aryl methyl sites for hydroxylation is 3. The lowest BCUT2D eigenvalue weighted by Gasteiger charge is -2.06. The Bertz CT molecular complexity index is 501. The Labute approximate surface area is 103 Å². The summed E-state index contributed by atoms with van der Waals surface area (Å²) in [6.07, 6.45) is 10.8. The Balaban J connectivity index is 2.46. The monoisotopic (exact) mass is 228 g/mol. The van der Waals surface area contributed by atoms with Crippen molar-refractivity contribution < 1.29 is 9.13 Å². The van der Waals surface area contributed by atoms with E-state index in [0.29, 0.717) is 0 Å². The lowest BCUT2D eigenvalue weighted by atomic mass is 10.00. The third kappa shape index (κ3) is 2.70. The van der Waals surface area contributed by atoms with Gasteiger partial charge in [0.2, 0.25) is 0 Å². The highest BCUT2D eigenvalue weighted by Gasteiger charge is 2.09. The van der Waals surface area contributed by atoms with Crippen molar-refractivity contribution in [1.82, 2.24) is 0 Å². The van der Waals surface area contributed by atoms with Crippen molar-refractivity contribution >= 4 is 0 Å². The molecule has 88 valence electrons. The van der Waals surface area contributed by atoms with Gasteiger partial charge < -0.3 is 0 Å². The van der Waals surface area contributed by atoms with Gasteiger partial charge in [-0.15, -0.1) is 0 Å². The lowest BCUT2D eigenvalue weighted by Crippen LogP contribution is -2.28. The van der Waals surface area contributed by atoms with Gasteiger partial charge in [0.05, 0.1) is 0 Å². The van der Waals surface area contributed by atoms with Gasteiger partial charge in [-0.05, 0) is 17.5 Å². The van der Waals surface area contributed by atoms with E-state index in [1.165, 1.54) is 23.1 Å². The molecule has 0 aliphatic heterocycles. The molecule has 0 fully saturated rings. The van der Waals surface area contributed by atoms with Gasteiger partial charge >= 0.3 is 0 Å². The molecule has 0 amide bonds. The largest absolute Gasteiger partial charge is 0.208 e. The smallest absolute Gasteiger partial charge is 0.172 e. The average molecular weight is 228 g/mol. The zero-order valence-corrected chi connectivity index (χ0v) is 10.9. The minimum atomic E-state index is 1.13. The molecule has 0 unspecified atom stereocenters. The highest BCUT2D eigenvalue weighted by Crippen LogP contribution is 2.22. The minimum Gasteiger partial charge on any atom is -0.208 e. The van der Waals surface area contributed by atoms with Crippen molar-refractivity contribution in [3.8, 4) is 11.1 Å². The van der Waals surface area contributed by atoms with E-state index in [2.05, 4.69) is 66.1 Å². The van der Waals surface area contributed by atoms with E-state index in [-0.39, 0.29) is 0 Å². The van der Waals surface area contributed by atoms with E-state index in [1.54, 1.807) is 0 Å². The van der Waals surface area contributed by atoms with E-state index in [4.69, 9.17) is 0 Å². The van der Waals surface area contributed by atoms with E-state index in [1.807, 2.05) is 7.05 Å². The molecule has 2 rings (SSSR count). The Morgan fingerprint density at radius 2 is 1.59 bits per heavy atom. The molecular formula is C15H20N2+2. The van der Waals surface area contributed by atoms with Crippen molar-refractivity contribution in [1.29, 1.82) is 0 Å². The number of hydrogen-bond donors (Lipinski definition) is 0.